The van der Waals surface area contributed by atoms with Gasteiger partial charge in [0.15, 0.2) is 5.16 Å². The Kier molecular flexibility index (Phi) is 3.55. The van der Waals surface area contributed by atoms with E-state index in [0.717, 1.165) is 41.4 Å². The number of rotatable bonds is 3. The number of carboxylic acid groups (broad SMARTS) is 1. The van der Waals surface area contributed by atoms with E-state index in [1.807, 2.05) is 0 Å². The molecule has 2 aromatic heterocycles. The number of fused-ring (bicyclic) bond motifs is 3. The molecule has 2 N–H and O–H groups in total. The van der Waals surface area contributed by atoms with E-state index in [4.69, 9.17) is 5.11 Å². The van der Waals surface area contributed by atoms with Gasteiger partial charge in [0.05, 0.1) is 11.1 Å². The van der Waals surface area contributed by atoms with Gasteiger partial charge in [0.2, 0.25) is 0 Å². The molecule has 0 amide bonds. The molecule has 1 aliphatic rings. The van der Waals surface area contributed by atoms with Crippen molar-refractivity contribution >= 4 is 39.3 Å². The van der Waals surface area contributed by atoms with E-state index in [2.05, 4.69) is 16.9 Å². The quantitative estimate of drug-likeness (QED) is 0.671. The number of aryl methyl sites for hydroxylation is 1. The second kappa shape index (κ2) is 5.21. The molecular weight excluding hydrogens is 296 g/mol. The summed E-state index contributed by atoms with van der Waals surface area (Å²) in [5.41, 5.74) is 1.00. The van der Waals surface area contributed by atoms with Gasteiger partial charge in [-0.2, -0.15) is 0 Å². The molecule has 0 radical (unpaired) electrons. The third kappa shape index (κ3) is 2.47. The third-order valence-corrected chi connectivity index (χ3v) is 5.48. The lowest BCUT2D eigenvalue weighted by molar-refractivity contribution is -0.133. The van der Waals surface area contributed by atoms with Crippen LogP contribution in [0.25, 0.3) is 10.2 Å². The number of thioether (sulfide) groups is 1. The predicted octanol–water partition coefficient (Wildman–Crippen LogP) is 2.29. The normalized spacial score (nSPS) is 18.1. The Morgan fingerprint density at radius 3 is 3.15 bits per heavy atom. The average molecular weight is 310 g/mol. The largest absolute Gasteiger partial charge is 0.481 e. The number of H-pyrrole nitrogens is 1. The number of nitrogens with zero attached hydrogens (tertiary/aromatic N) is 1. The van der Waals surface area contributed by atoms with Crippen LogP contribution in [-0.4, -0.2) is 26.8 Å². The molecule has 0 unspecified atom stereocenters. The minimum atomic E-state index is -0.919. The van der Waals surface area contributed by atoms with Crippen molar-refractivity contribution in [3.8, 4) is 0 Å². The number of aliphatic carboxylic acids is 1. The van der Waals surface area contributed by atoms with Crippen LogP contribution in [0, 0.1) is 5.92 Å². The summed E-state index contributed by atoms with van der Waals surface area (Å²) in [6, 6.07) is 0. The zero-order valence-electron chi connectivity index (χ0n) is 10.9. The second-order valence-electron chi connectivity index (χ2n) is 5.09. The van der Waals surface area contributed by atoms with Gasteiger partial charge in [-0.1, -0.05) is 18.7 Å². The van der Waals surface area contributed by atoms with Crippen LogP contribution >= 0.6 is 23.1 Å². The fourth-order valence-corrected chi connectivity index (χ4v) is 4.55. The van der Waals surface area contributed by atoms with Gasteiger partial charge >= 0.3 is 5.97 Å². The Bertz CT molecular complexity index is 735. The third-order valence-electron chi connectivity index (χ3n) is 3.48. The molecule has 3 rings (SSSR count). The van der Waals surface area contributed by atoms with Gasteiger partial charge in [-0.25, -0.2) is 4.98 Å². The number of nitrogens with one attached hydrogen (secondary N) is 1. The summed E-state index contributed by atoms with van der Waals surface area (Å²) in [7, 11) is 0. The van der Waals surface area contributed by atoms with Gasteiger partial charge in [-0.3, -0.25) is 9.59 Å². The molecule has 0 aromatic carbocycles. The molecule has 20 heavy (non-hydrogen) atoms. The maximum Gasteiger partial charge on any atom is 0.313 e. The Morgan fingerprint density at radius 2 is 2.40 bits per heavy atom. The van der Waals surface area contributed by atoms with Crippen molar-refractivity contribution in [2.45, 2.75) is 31.3 Å². The number of carbonyl (C=O) groups is 1. The van der Waals surface area contributed by atoms with E-state index < -0.39 is 5.97 Å². The highest BCUT2D eigenvalue weighted by Crippen LogP contribution is 2.36. The number of carboxylic acids is 1. The molecular formula is C13H14N2O3S2. The van der Waals surface area contributed by atoms with Crippen molar-refractivity contribution in [2.24, 2.45) is 5.92 Å². The highest BCUT2D eigenvalue weighted by atomic mass is 32.2. The average Bonchev–Trinajstić information content (AvgIpc) is 2.73. The van der Waals surface area contributed by atoms with Crippen LogP contribution in [0.5, 0.6) is 0 Å². The Balaban J connectivity index is 2.05. The number of thiophene rings is 1. The van der Waals surface area contributed by atoms with Crippen LogP contribution in [0.1, 0.15) is 23.8 Å². The molecule has 0 fully saturated rings. The van der Waals surface area contributed by atoms with Gasteiger partial charge < -0.3 is 10.1 Å². The van der Waals surface area contributed by atoms with Crippen molar-refractivity contribution in [3.63, 3.8) is 0 Å². The van der Waals surface area contributed by atoms with Crippen LogP contribution in [0.4, 0.5) is 0 Å². The molecule has 2 heterocycles. The fourth-order valence-electron chi connectivity index (χ4n) is 2.53. The molecule has 0 spiro atoms. The number of hydrogen-bond donors (Lipinski definition) is 2. The summed E-state index contributed by atoms with van der Waals surface area (Å²) >= 11 is 2.62. The standard InChI is InChI=1S/C13H14N2O3S2/c1-6-2-3-7-8(4-6)20-12-10(7)11(18)14-13(15-12)19-5-9(16)17/h6H,2-5H2,1H3,(H,16,17)(H,14,15,18)/t6-/m0/s1. The summed E-state index contributed by atoms with van der Waals surface area (Å²) in [6.07, 6.45) is 3.05. The summed E-state index contributed by atoms with van der Waals surface area (Å²) in [4.78, 5) is 31.9. The van der Waals surface area contributed by atoms with E-state index >= 15 is 0 Å². The van der Waals surface area contributed by atoms with E-state index in [0.29, 0.717) is 16.5 Å². The Labute approximate surface area is 123 Å². The van der Waals surface area contributed by atoms with E-state index in [1.165, 1.54) is 4.88 Å². The lowest BCUT2D eigenvalue weighted by Gasteiger charge is -2.17. The fraction of sp³-hybridized carbons (Fsp3) is 0.462. The first kappa shape index (κ1) is 13.6. The molecule has 0 saturated heterocycles. The van der Waals surface area contributed by atoms with Crippen molar-refractivity contribution in [3.05, 3.63) is 20.8 Å². The van der Waals surface area contributed by atoms with Gasteiger partial charge in [0.1, 0.15) is 4.83 Å². The number of aromatic nitrogens is 2. The first-order valence-electron chi connectivity index (χ1n) is 6.43. The van der Waals surface area contributed by atoms with Crippen molar-refractivity contribution < 1.29 is 9.90 Å². The van der Waals surface area contributed by atoms with E-state index in [-0.39, 0.29) is 11.3 Å². The molecule has 0 bridgehead atoms. The molecule has 0 aliphatic heterocycles. The van der Waals surface area contributed by atoms with Crippen molar-refractivity contribution in [2.75, 3.05) is 5.75 Å². The Hall–Kier alpha value is -1.34. The Morgan fingerprint density at radius 1 is 1.60 bits per heavy atom. The first-order chi connectivity index (χ1) is 9.54. The summed E-state index contributed by atoms with van der Waals surface area (Å²) in [5, 5.41) is 9.77. The lowest BCUT2D eigenvalue weighted by atomic mass is 9.89. The van der Waals surface area contributed by atoms with Gasteiger partial charge in [-0.15, -0.1) is 11.3 Å². The maximum absolute atomic E-state index is 12.2. The summed E-state index contributed by atoms with van der Waals surface area (Å²) < 4.78 is 0. The number of hydrogen-bond acceptors (Lipinski definition) is 5. The topological polar surface area (TPSA) is 83.0 Å². The molecule has 1 aliphatic carbocycles. The molecule has 0 saturated carbocycles. The van der Waals surface area contributed by atoms with Crippen LogP contribution in [0.2, 0.25) is 0 Å². The predicted molar refractivity (Wildman–Crippen MR) is 79.8 cm³/mol. The second-order valence-corrected chi connectivity index (χ2v) is 7.13. The maximum atomic E-state index is 12.2. The minimum absolute atomic E-state index is 0.101. The zero-order chi connectivity index (χ0) is 14.3. The molecule has 106 valence electrons. The van der Waals surface area contributed by atoms with Crippen LogP contribution in [0.15, 0.2) is 9.95 Å². The lowest BCUT2D eigenvalue weighted by Crippen LogP contribution is -2.13. The smallest absolute Gasteiger partial charge is 0.313 e. The highest BCUT2D eigenvalue weighted by molar-refractivity contribution is 7.99. The van der Waals surface area contributed by atoms with E-state index in [1.54, 1.807) is 11.3 Å². The zero-order valence-corrected chi connectivity index (χ0v) is 12.6. The molecule has 2 aromatic rings. The van der Waals surface area contributed by atoms with Crippen LogP contribution in [0.3, 0.4) is 0 Å². The van der Waals surface area contributed by atoms with Crippen molar-refractivity contribution in [1.29, 1.82) is 0 Å². The molecule has 1 atom stereocenters. The number of aromatic amines is 1. The summed E-state index contributed by atoms with van der Waals surface area (Å²) in [5.74, 6) is -0.371. The SMILES string of the molecule is C[C@H]1CCc2c(sc3nc(SCC(=O)O)[nH]c(=O)c23)C1. The van der Waals surface area contributed by atoms with Crippen LogP contribution < -0.4 is 5.56 Å². The highest BCUT2D eigenvalue weighted by Gasteiger charge is 2.23. The van der Waals surface area contributed by atoms with Crippen LogP contribution in [-0.2, 0) is 17.6 Å². The monoisotopic (exact) mass is 310 g/mol. The van der Waals surface area contributed by atoms with E-state index in [9.17, 15) is 9.59 Å². The van der Waals surface area contributed by atoms with Crippen molar-refractivity contribution in [1.82, 2.24) is 9.97 Å². The molecule has 7 heteroatoms. The minimum Gasteiger partial charge on any atom is -0.481 e. The summed E-state index contributed by atoms with van der Waals surface area (Å²) in [6.45, 7) is 2.22. The van der Waals surface area contributed by atoms with Gasteiger partial charge in [0.25, 0.3) is 5.56 Å². The molecule has 5 nitrogen and oxygen atoms in total. The van der Waals surface area contributed by atoms with Gasteiger partial charge in [0, 0.05) is 4.88 Å². The van der Waals surface area contributed by atoms with Gasteiger partial charge in [-0.05, 0) is 30.7 Å². The first-order valence-corrected chi connectivity index (χ1v) is 8.24.